The summed E-state index contributed by atoms with van der Waals surface area (Å²) in [6.07, 6.45) is 1.62. The lowest BCUT2D eigenvalue weighted by molar-refractivity contribution is 0.133. The van der Waals surface area contributed by atoms with Crippen LogP contribution in [0.1, 0.15) is 12.5 Å². The lowest BCUT2D eigenvalue weighted by Gasteiger charge is -2.00. The van der Waals surface area contributed by atoms with Crippen molar-refractivity contribution < 1.29 is 4.74 Å². The standard InChI is InChI=1S/C7H9ClN2OS/c1-2-11-4-5-3-9-7(8)10-6(5)12/h3H,2,4H2,1H3,(H,9,10,12). The first kappa shape index (κ1) is 9.64. The van der Waals surface area contributed by atoms with Gasteiger partial charge in [-0.05, 0) is 18.5 Å². The molecule has 0 atom stereocenters. The zero-order valence-corrected chi connectivity index (χ0v) is 8.21. The van der Waals surface area contributed by atoms with Crippen LogP contribution in [0, 0.1) is 4.64 Å². The Morgan fingerprint density at radius 1 is 1.75 bits per heavy atom. The van der Waals surface area contributed by atoms with Gasteiger partial charge in [-0.1, -0.05) is 12.2 Å². The van der Waals surface area contributed by atoms with Gasteiger partial charge in [-0.3, -0.25) is 0 Å². The van der Waals surface area contributed by atoms with Crippen molar-refractivity contribution in [2.24, 2.45) is 0 Å². The third-order valence-corrected chi connectivity index (χ3v) is 1.86. The van der Waals surface area contributed by atoms with Crippen molar-refractivity contribution in [2.75, 3.05) is 6.61 Å². The van der Waals surface area contributed by atoms with E-state index in [0.717, 1.165) is 5.56 Å². The quantitative estimate of drug-likeness (QED) is 0.607. The molecule has 0 saturated heterocycles. The number of halogens is 1. The minimum Gasteiger partial charge on any atom is -0.377 e. The highest BCUT2D eigenvalue weighted by atomic mass is 35.5. The van der Waals surface area contributed by atoms with E-state index in [0.29, 0.717) is 23.1 Å². The zero-order chi connectivity index (χ0) is 8.97. The number of aromatic amines is 1. The summed E-state index contributed by atoms with van der Waals surface area (Å²) in [5.41, 5.74) is 0.858. The summed E-state index contributed by atoms with van der Waals surface area (Å²) in [6.45, 7) is 3.07. The first-order valence-electron chi connectivity index (χ1n) is 3.55. The second-order valence-corrected chi connectivity index (χ2v) is 2.93. The second kappa shape index (κ2) is 4.54. The van der Waals surface area contributed by atoms with Gasteiger partial charge in [-0.2, -0.15) is 0 Å². The van der Waals surface area contributed by atoms with Crippen LogP contribution >= 0.6 is 23.8 Å². The second-order valence-electron chi connectivity index (χ2n) is 2.17. The summed E-state index contributed by atoms with van der Waals surface area (Å²) in [4.78, 5) is 6.59. The minimum atomic E-state index is 0.306. The number of nitrogens with one attached hydrogen (secondary N) is 1. The summed E-state index contributed by atoms with van der Waals surface area (Å²) in [6, 6.07) is 0. The Kier molecular flexibility index (Phi) is 3.65. The maximum Gasteiger partial charge on any atom is 0.200 e. The Hall–Kier alpha value is -0.450. The number of rotatable bonds is 3. The number of hydrogen-bond donors (Lipinski definition) is 1. The zero-order valence-electron chi connectivity index (χ0n) is 6.63. The van der Waals surface area contributed by atoms with Crippen LogP contribution < -0.4 is 0 Å². The molecule has 3 nitrogen and oxygen atoms in total. The van der Waals surface area contributed by atoms with Crippen molar-refractivity contribution in [3.8, 4) is 0 Å². The normalized spacial score (nSPS) is 10.2. The molecule has 1 rings (SSSR count). The average Bonchev–Trinajstić information content (AvgIpc) is 2.03. The highest BCUT2D eigenvalue weighted by Gasteiger charge is 1.96. The number of nitrogens with zero attached hydrogens (tertiary/aromatic N) is 1. The lowest BCUT2D eigenvalue weighted by atomic mass is 10.4. The average molecular weight is 205 g/mol. The topological polar surface area (TPSA) is 37.9 Å². The molecule has 0 radical (unpaired) electrons. The monoisotopic (exact) mass is 204 g/mol. The van der Waals surface area contributed by atoms with Crippen molar-refractivity contribution in [3.05, 3.63) is 21.7 Å². The van der Waals surface area contributed by atoms with Gasteiger partial charge in [0.2, 0.25) is 5.28 Å². The van der Waals surface area contributed by atoms with Crippen LogP contribution in [0.2, 0.25) is 5.28 Å². The Morgan fingerprint density at radius 3 is 3.08 bits per heavy atom. The summed E-state index contributed by atoms with van der Waals surface area (Å²) >= 11 is 10.6. The molecule has 0 bridgehead atoms. The van der Waals surface area contributed by atoms with Gasteiger partial charge >= 0.3 is 0 Å². The molecule has 1 aromatic heterocycles. The molecule has 0 amide bonds. The molecule has 1 heterocycles. The molecule has 1 aromatic rings. The van der Waals surface area contributed by atoms with Gasteiger partial charge in [0.15, 0.2) is 0 Å². The summed E-state index contributed by atoms with van der Waals surface area (Å²) < 4.78 is 5.76. The van der Waals surface area contributed by atoms with Crippen molar-refractivity contribution in [2.45, 2.75) is 13.5 Å². The van der Waals surface area contributed by atoms with E-state index < -0.39 is 0 Å². The van der Waals surface area contributed by atoms with E-state index in [1.807, 2.05) is 6.92 Å². The van der Waals surface area contributed by atoms with E-state index in [1.165, 1.54) is 0 Å². The van der Waals surface area contributed by atoms with Gasteiger partial charge in [0.05, 0.1) is 6.61 Å². The van der Waals surface area contributed by atoms with Gasteiger partial charge in [0.25, 0.3) is 0 Å². The molecular weight excluding hydrogens is 196 g/mol. The van der Waals surface area contributed by atoms with Crippen molar-refractivity contribution in [1.82, 2.24) is 9.97 Å². The largest absolute Gasteiger partial charge is 0.377 e. The Bertz CT molecular complexity index is 313. The van der Waals surface area contributed by atoms with E-state index >= 15 is 0 Å². The van der Waals surface area contributed by atoms with E-state index in [4.69, 9.17) is 28.6 Å². The van der Waals surface area contributed by atoms with E-state index in [1.54, 1.807) is 6.20 Å². The van der Waals surface area contributed by atoms with Gasteiger partial charge in [-0.25, -0.2) is 4.98 Å². The van der Waals surface area contributed by atoms with Crippen LogP contribution in [0.15, 0.2) is 6.20 Å². The van der Waals surface area contributed by atoms with Crippen LogP contribution in [0.25, 0.3) is 0 Å². The molecular formula is C7H9ClN2OS. The first-order valence-corrected chi connectivity index (χ1v) is 4.34. The number of ether oxygens (including phenoxy) is 1. The molecule has 0 aliphatic heterocycles. The fourth-order valence-electron chi connectivity index (χ4n) is 0.714. The van der Waals surface area contributed by atoms with E-state index in [9.17, 15) is 0 Å². The highest BCUT2D eigenvalue weighted by molar-refractivity contribution is 7.71. The molecule has 0 aromatic carbocycles. The molecule has 0 aliphatic carbocycles. The Labute approximate surface area is 80.7 Å². The summed E-state index contributed by atoms with van der Waals surface area (Å²) in [5.74, 6) is 0. The SMILES string of the molecule is CCOCc1cnc(Cl)[nH]c1=S. The summed E-state index contributed by atoms with van der Waals surface area (Å²) in [7, 11) is 0. The van der Waals surface area contributed by atoms with Gasteiger partial charge in [0, 0.05) is 18.4 Å². The van der Waals surface area contributed by atoms with Crippen LogP contribution in [-0.2, 0) is 11.3 Å². The fraction of sp³-hybridized carbons (Fsp3) is 0.429. The van der Waals surface area contributed by atoms with Gasteiger partial charge < -0.3 is 9.72 Å². The van der Waals surface area contributed by atoms with Gasteiger partial charge in [0.1, 0.15) is 4.64 Å². The summed E-state index contributed by atoms with van der Waals surface area (Å²) in [5, 5.41) is 0.306. The maximum atomic E-state index is 5.58. The molecule has 0 fully saturated rings. The lowest BCUT2D eigenvalue weighted by Crippen LogP contribution is -1.95. The van der Waals surface area contributed by atoms with Gasteiger partial charge in [-0.15, -0.1) is 0 Å². The number of H-pyrrole nitrogens is 1. The van der Waals surface area contributed by atoms with E-state index in [2.05, 4.69) is 9.97 Å². The molecule has 0 spiro atoms. The van der Waals surface area contributed by atoms with Crippen LogP contribution in [-0.4, -0.2) is 16.6 Å². The predicted octanol–water partition coefficient (Wildman–Crippen LogP) is 2.33. The highest BCUT2D eigenvalue weighted by Crippen LogP contribution is 2.04. The molecule has 66 valence electrons. The molecule has 1 N–H and O–H groups in total. The molecule has 12 heavy (non-hydrogen) atoms. The molecule has 0 saturated carbocycles. The molecule has 5 heteroatoms. The Morgan fingerprint density at radius 2 is 2.50 bits per heavy atom. The van der Waals surface area contributed by atoms with Crippen molar-refractivity contribution >= 4 is 23.8 Å². The van der Waals surface area contributed by atoms with E-state index in [-0.39, 0.29) is 0 Å². The number of aromatic nitrogens is 2. The van der Waals surface area contributed by atoms with Crippen LogP contribution in [0.3, 0.4) is 0 Å². The number of hydrogen-bond acceptors (Lipinski definition) is 3. The first-order chi connectivity index (χ1) is 5.74. The smallest absolute Gasteiger partial charge is 0.200 e. The third kappa shape index (κ3) is 2.55. The minimum absolute atomic E-state index is 0.306. The van der Waals surface area contributed by atoms with Crippen LogP contribution in [0.5, 0.6) is 0 Å². The fourth-order valence-corrected chi connectivity index (χ4v) is 1.12. The predicted molar refractivity (Wildman–Crippen MR) is 49.8 cm³/mol. The third-order valence-electron chi connectivity index (χ3n) is 1.30. The van der Waals surface area contributed by atoms with Crippen molar-refractivity contribution in [3.63, 3.8) is 0 Å². The molecule has 0 unspecified atom stereocenters. The van der Waals surface area contributed by atoms with Crippen LogP contribution in [0.4, 0.5) is 0 Å². The van der Waals surface area contributed by atoms with Crippen molar-refractivity contribution in [1.29, 1.82) is 0 Å². The maximum absolute atomic E-state index is 5.58. The Balaban J connectivity index is 2.80. The molecule has 0 aliphatic rings.